The number of ether oxygens (including phenoxy) is 3. The molecule has 8 heteroatoms. The molecule has 3 N–H and O–H groups in total. The zero-order valence-corrected chi connectivity index (χ0v) is 12.1. The Morgan fingerprint density at radius 2 is 2.05 bits per heavy atom. The number of hydrogen-bond acceptors (Lipinski definition) is 5. The number of anilines is 1. The second-order valence-electron chi connectivity index (χ2n) is 5.24. The summed E-state index contributed by atoms with van der Waals surface area (Å²) in [5, 5.41) is 2.77. The number of amides is 3. The van der Waals surface area contributed by atoms with Crippen molar-refractivity contribution in [2.75, 3.05) is 25.2 Å². The summed E-state index contributed by atoms with van der Waals surface area (Å²) in [6.07, 6.45) is -1.04. The van der Waals surface area contributed by atoms with E-state index in [0.717, 1.165) is 0 Å². The van der Waals surface area contributed by atoms with Gasteiger partial charge in [0.05, 0.1) is 12.6 Å². The molecule has 2 atom stereocenters. The fraction of sp³-hybridized carbons (Fsp3) is 0.429. The lowest BCUT2D eigenvalue weighted by atomic mass is 10.2. The summed E-state index contributed by atoms with van der Waals surface area (Å²) >= 11 is 0. The van der Waals surface area contributed by atoms with Crippen LogP contribution in [0.2, 0.25) is 0 Å². The minimum atomic E-state index is -0.786. The van der Waals surface area contributed by atoms with Crippen molar-refractivity contribution in [1.29, 1.82) is 0 Å². The molecule has 1 saturated heterocycles. The summed E-state index contributed by atoms with van der Waals surface area (Å²) in [6, 6.07) is 4.82. The Morgan fingerprint density at radius 1 is 1.27 bits per heavy atom. The van der Waals surface area contributed by atoms with Crippen molar-refractivity contribution in [3.8, 4) is 11.5 Å². The molecule has 2 aliphatic rings. The average molecular weight is 307 g/mol. The lowest BCUT2D eigenvalue weighted by Gasteiger charge is -2.35. The molecule has 118 valence electrons. The second-order valence-corrected chi connectivity index (χ2v) is 5.24. The number of primary amides is 1. The van der Waals surface area contributed by atoms with Crippen LogP contribution in [0.25, 0.3) is 0 Å². The molecule has 0 aliphatic carbocycles. The maximum atomic E-state index is 12.3. The van der Waals surface area contributed by atoms with Gasteiger partial charge >= 0.3 is 6.03 Å². The minimum absolute atomic E-state index is 0.135. The van der Waals surface area contributed by atoms with Crippen LogP contribution < -0.4 is 20.5 Å². The van der Waals surface area contributed by atoms with Gasteiger partial charge in [0.1, 0.15) is 0 Å². The van der Waals surface area contributed by atoms with E-state index >= 15 is 0 Å². The van der Waals surface area contributed by atoms with E-state index in [1.807, 2.05) is 0 Å². The number of rotatable bonds is 2. The Kier molecular flexibility index (Phi) is 3.76. The van der Waals surface area contributed by atoms with Gasteiger partial charge < -0.3 is 30.2 Å². The minimum Gasteiger partial charge on any atom is -0.454 e. The number of carbonyl (C=O) groups excluding carboxylic acids is 2. The highest BCUT2D eigenvalue weighted by molar-refractivity contribution is 5.90. The van der Waals surface area contributed by atoms with Crippen molar-refractivity contribution in [3.05, 3.63) is 18.2 Å². The van der Waals surface area contributed by atoms with Crippen LogP contribution >= 0.6 is 0 Å². The van der Waals surface area contributed by atoms with Gasteiger partial charge in [0.2, 0.25) is 12.7 Å². The molecule has 0 unspecified atom stereocenters. The molecule has 3 rings (SSSR count). The predicted octanol–water partition coefficient (Wildman–Crippen LogP) is 0.522. The molecular weight excluding hydrogens is 290 g/mol. The normalized spacial score (nSPS) is 23.2. The fourth-order valence-electron chi connectivity index (χ4n) is 2.45. The van der Waals surface area contributed by atoms with Crippen LogP contribution in [0, 0.1) is 0 Å². The third-order valence-corrected chi connectivity index (χ3v) is 3.49. The van der Waals surface area contributed by atoms with Crippen molar-refractivity contribution >= 4 is 17.6 Å². The first kappa shape index (κ1) is 14.5. The van der Waals surface area contributed by atoms with Gasteiger partial charge in [-0.15, -0.1) is 0 Å². The van der Waals surface area contributed by atoms with E-state index in [0.29, 0.717) is 23.7 Å². The fourth-order valence-corrected chi connectivity index (χ4v) is 2.45. The maximum absolute atomic E-state index is 12.3. The van der Waals surface area contributed by atoms with Crippen LogP contribution in [0.1, 0.15) is 6.92 Å². The van der Waals surface area contributed by atoms with Crippen LogP contribution in [0.4, 0.5) is 10.5 Å². The van der Waals surface area contributed by atoms with Crippen molar-refractivity contribution in [2.24, 2.45) is 5.73 Å². The number of nitrogens with two attached hydrogens (primary N) is 1. The first-order chi connectivity index (χ1) is 10.5. The van der Waals surface area contributed by atoms with Crippen LogP contribution in [0.3, 0.4) is 0 Å². The lowest BCUT2D eigenvalue weighted by Crippen LogP contribution is -2.54. The number of urea groups is 1. The Labute approximate surface area is 127 Å². The van der Waals surface area contributed by atoms with Gasteiger partial charge in [0.25, 0.3) is 0 Å². The SMILES string of the molecule is C[C@@H]1CN(C(=O)Nc2ccc3c(c2)OCO3)C[C@@H](C(N)=O)O1. The van der Waals surface area contributed by atoms with E-state index in [4.69, 9.17) is 19.9 Å². The molecular formula is C14H17N3O5. The zero-order valence-electron chi connectivity index (χ0n) is 12.1. The third-order valence-electron chi connectivity index (χ3n) is 3.49. The van der Waals surface area contributed by atoms with Gasteiger partial charge in [-0.2, -0.15) is 0 Å². The van der Waals surface area contributed by atoms with Gasteiger partial charge in [-0.05, 0) is 19.1 Å². The van der Waals surface area contributed by atoms with E-state index in [1.165, 1.54) is 4.90 Å². The first-order valence-electron chi connectivity index (χ1n) is 6.93. The predicted molar refractivity (Wildman–Crippen MR) is 76.7 cm³/mol. The topological polar surface area (TPSA) is 103 Å². The Balaban J connectivity index is 1.67. The van der Waals surface area contributed by atoms with Crippen LogP contribution in [-0.4, -0.2) is 48.9 Å². The van der Waals surface area contributed by atoms with Crippen LogP contribution in [0.5, 0.6) is 11.5 Å². The molecule has 0 saturated carbocycles. The molecule has 0 aromatic heterocycles. The molecule has 3 amide bonds. The van der Waals surface area contributed by atoms with E-state index in [9.17, 15) is 9.59 Å². The number of hydrogen-bond donors (Lipinski definition) is 2. The maximum Gasteiger partial charge on any atom is 0.322 e. The average Bonchev–Trinajstić information content (AvgIpc) is 2.94. The van der Waals surface area contributed by atoms with Crippen molar-refractivity contribution < 1.29 is 23.8 Å². The van der Waals surface area contributed by atoms with Gasteiger partial charge in [-0.3, -0.25) is 4.79 Å². The number of benzene rings is 1. The van der Waals surface area contributed by atoms with Crippen molar-refractivity contribution in [1.82, 2.24) is 4.90 Å². The van der Waals surface area contributed by atoms with E-state index in [2.05, 4.69) is 5.32 Å². The molecule has 1 aromatic rings. The Hall–Kier alpha value is -2.48. The molecule has 8 nitrogen and oxygen atoms in total. The summed E-state index contributed by atoms with van der Waals surface area (Å²) in [4.78, 5) is 25.1. The zero-order chi connectivity index (χ0) is 15.7. The highest BCUT2D eigenvalue weighted by Crippen LogP contribution is 2.34. The van der Waals surface area contributed by atoms with Crippen molar-refractivity contribution in [2.45, 2.75) is 19.1 Å². The van der Waals surface area contributed by atoms with Gasteiger partial charge in [-0.25, -0.2) is 4.79 Å². The van der Waals surface area contributed by atoms with Crippen LogP contribution in [-0.2, 0) is 9.53 Å². The van der Waals surface area contributed by atoms with E-state index in [1.54, 1.807) is 25.1 Å². The summed E-state index contributed by atoms with van der Waals surface area (Å²) < 4.78 is 15.9. The number of carbonyl (C=O) groups is 2. The molecule has 1 fully saturated rings. The molecule has 2 heterocycles. The summed E-state index contributed by atoms with van der Waals surface area (Å²) in [5.41, 5.74) is 5.84. The molecule has 2 aliphatic heterocycles. The van der Waals surface area contributed by atoms with E-state index in [-0.39, 0.29) is 25.5 Å². The highest BCUT2D eigenvalue weighted by atomic mass is 16.7. The molecule has 0 bridgehead atoms. The first-order valence-corrected chi connectivity index (χ1v) is 6.93. The largest absolute Gasteiger partial charge is 0.454 e. The van der Waals surface area contributed by atoms with Gasteiger partial charge in [0.15, 0.2) is 17.6 Å². The standard InChI is InChI=1S/C14H17N3O5/c1-8-5-17(6-12(22-8)13(15)18)14(19)16-9-2-3-10-11(4-9)21-7-20-10/h2-4,8,12H,5-7H2,1H3,(H2,15,18)(H,16,19)/t8-,12+/m1/s1. The number of morpholine rings is 1. The van der Waals surface area contributed by atoms with Crippen LogP contribution in [0.15, 0.2) is 18.2 Å². The highest BCUT2D eigenvalue weighted by Gasteiger charge is 2.31. The van der Waals surface area contributed by atoms with Crippen molar-refractivity contribution in [3.63, 3.8) is 0 Å². The molecule has 0 radical (unpaired) electrons. The molecule has 1 aromatic carbocycles. The number of nitrogens with zero attached hydrogens (tertiary/aromatic N) is 1. The lowest BCUT2D eigenvalue weighted by molar-refractivity contribution is -0.139. The monoisotopic (exact) mass is 307 g/mol. The summed E-state index contributed by atoms with van der Waals surface area (Å²) in [6.45, 7) is 2.49. The Morgan fingerprint density at radius 3 is 2.82 bits per heavy atom. The number of nitrogens with one attached hydrogen (secondary N) is 1. The second kappa shape index (κ2) is 5.72. The van der Waals surface area contributed by atoms with Gasteiger partial charge in [-0.1, -0.05) is 0 Å². The number of fused-ring (bicyclic) bond motifs is 1. The third kappa shape index (κ3) is 2.91. The smallest absolute Gasteiger partial charge is 0.322 e. The van der Waals surface area contributed by atoms with Gasteiger partial charge in [0, 0.05) is 18.3 Å². The quantitative estimate of drug-likeness (QED) is 0.829. The molecule has 0 spiro atoms. The van der Waals surface area contributed by atoms with E-state index < -0.39 is 12.0 Å². The summed E-state index contributed by atoms with van der Waals surface area (Å²) in [5.74, 6) is 0.655. The summed E-state index contributed by atoms with van der Waals surface area (Å²) in [7, 11) is 0. The molecule has 22 heavy (non-hydrogen) atoms. The Bertz CT molecular complexity index is 606.